The summed E-state index contributed by atoms with van der Waals surface area (Å²) in [5.74, 6) is 0. The Balaban J connectivity index is 2.34. The van der Waals surface area contributed by atoms with Gasteiger partial charge in [-0.25, -0.2) is 0 Å². The highest BCUT2D eigenvalue weighted by Crippen LogP contribution is 2.00. The molecule has 1 aromatic rings. The van der Waals surface area contributed by atoms with Gasteiger partial charge in [0.25, 0.3) is 0 Å². The fraction of sp³-hybridized carbons (Fsp3) is 0.867. The van der Waals surface area contributed by atoms with E-state index >= 15 is 0 Å². The molecule has 1 rings (SSSR count). The molecule has 0 bridgehead atoms. The first kappa shape index (κ1) is 17.1. The van der Waals surface area contributed by atoms with Gasteiger partial charge in [-0.2, -0.15) is 0 Å². The van der Waals surface area contributed by atoms with E-state index < -0.39 is 0 Å². The van der Waals surface area contributed by atoms with E-state index in [9.17, 15) is 0 Å². The van der Waals surface area contributed by atoms with Gasteiger partial charge in [0.1, 0.15) is 0 Å². The zero-order chi connectivity index (χ0) is 14.6. The lowest BCUT2D eigenvalue weighted by molar-refractivity contribution is 0.250. The molecule has 1 aromatic heterocycles. The number of nitrogens with zero attached hydrogens (tertiary/aromatic N) is 4. The largest absolute Gasteiger partial charge is 0.311 e. The lowest BCUT2D eigenvalue weighted by atomic mass is 10.2. The standard InChI is InChI=1S/C15H31N5/c1-4-7-9-19(10-8-5-2)11-12-20-14-15(17-18-20)13-16-6-3/h14,16H,4-13H2,1-3H3. The van der Waals surface area contributed by atoms with Gasteiger partial charge >= 0.3 is 0 Å². The van der Waals surface area contributed by atoms with Crippen molar-refractivity contribution < 1.29 is 0 Å². The average Bonchev–Trinajstić information content (AvgIpc) is 2.92. The van der Waals surface area contributed by atoms with Crippen LogP contribution in [0.5, 0.6) is 0 Å². The Labute approximate surface area is 123 Å². The summed E-state index contributed by atoms with van der Waals surface area (Å²) in [6, 6.07) is 0. The van der Waals surface area contributed by atoms with E-state index in [0.29, 0.717) is 0 Å². The second kappa shape index (κ2) is 10.8. The second-order valence-electron chi connectivity index (χ2n) is 5.30. The van der Waals surface area contributed by atoms with Crippen LogP contribution in [0.25, 0.3) is 0 Å². The number of hydrogen-bond acceptors (Lipinski definition) is 4. The van der Waals surface area contributed by atoms with Crippen molar-refractivity contribution >= 4 is 0 Å². The van der Waals surface area contributed by atoms with Crippen LogP contribution in [0.15, 0.2) is 6.20 Å². The van der Waals surface area contributed by atoms with Gasteiger partial charge in [-0.15, -0.1) is 5.10 Å². The van der Waals surface area contributed by atoms with Gasteiger partial charge in [0.2, 0.25) is 0 Å². The maximum absolute atomic E-state index is 4.20. The van der Waals surface area contributed by atoms with Crippen LogP contribution in [0.4, 0.5) is 0 Å². The lowest BCUT2D eigenvalue weighted by Crippen LogP contribution is -2.29. The lowest BCUT2D eigenvalue weighted by Gasteiger charge is -2.21. The number of aromatic nitrogens is 3. The van der Waals surface area contributed by atoms with E-state index in [0.717, 1.165) is 31.9 Å². The van der Waals surface area contributed by atoms with E-state index in [2.05, 4.69) is 47.5 Å². The molecule has 5 nitrogen and oxygen atoms in total. The van der Waals surface area contributed by atoms with E-state index in [1.807, 2.05) is 4.68 Å². The molecule has 0 aromatic carbocycles. The van der Waals surface area contributed by atoms with E-state index in [4.69, 9.17) is 0 Å². The first-order chi connectivity index (χ1) is 9.80. The molecule has 0 atom stereocenters. The monoisotopic (exact) mass is 281 g/mol. The maximum atomic E-state index is 4.20. The molecule has 0 unspecified atom stereocenters. The van der Waals surface area contributed by atoms with Crippen molar-refractivity contribution in [3.63, 3.8) is 0 Å². The normalized spacial score (nSPS) is 11.4. The van der Waals surface area contributed by atoms with Crippen molar-refractivity contribution in [3.8, 4) is 0 Å². The topological polar surface area (TPSA) is 46.0 Å². The summed E-state index contributed by atoms with van der Waals surface area (Å²) in [4.78, 5) is 2.55. The minimum atomic E-state index is 0.811. The van der Waals surface area contributed by atoms with Gasteiger partial charge in [0, 0.05) is 19.3 Å². The van der Waals surface area contributed by atoms with E-state index in [-0.39, 0.29) is 0 Å². The molecule has 0 amide bonds. The predicted molar refractivity (Wildman–Crippen MR) is 83.7 cm³/mol. The molecule has 0 fully saturated rings. The van der Waals surface area contributed by atoms with Gasteiger partial charge in [-0.3, -0.25) is 4.68 Å². The first-order valence-electron chi connectivity index (χ1n) is 8.12. The summed E-state index contributed by atoms with van der Waals surface area (Å²) in [6.07, 6.45) is 7.15. The van der Waals surface area contributed by atoms with E-state index in [1.165, 1.54) is 38.8 Å². The molecule has 0 aliphatic heterocycles. The minimum Gasteiger partial charge on any atom is -0.311 e. The van der Waals surface area contributed by atoms with E-state index in [1.54, 1.807) is 0 Å². The molecule has 0 saturated carbocycles. The molecule has 0 saturated heterocycles. The zero-order valence-electron chi connectivity index (χ0n) is 13.4. The minimum absolute atomic E-state index is 0.811. The molecule has 0 spiro atoms. The third-order valence-corrected chi connectivity index (χ3v) is 3.44. The van der Waals surface area contributed by atoms with Crippen molar-refractivity contribution in [1.82, 2.24) is 25.2 Å². The van der Waals surface area contributed by atoms with Crippen molar-refractivity contribution in [2.45, 2.75) is 59.5 Å². The summed E-state index contributed by atoms with van der Waals surface area (Å²) in [5, 5.41) is 11.7. The molecule has 116 valence electrons. The SMILES string of the molecule is CCCCN(CCCC)CCn1cc(CNCC)nn1. The summed E-state index contributed by atoms with van der Waals surface area (Å²) in [5.41, 5.74) is 1.03. The Morgan fingerprint density at radius 1 is 1.10 bits per heavy atom. The van der Waals surface area contributed by atoms with Crippen LogP contribution in [0.3, 0.4) is 0 Å². The molecular weight excluding hydrogens is 250 g/mol. The Morgan fingerprint density at radius 2 is 1.80 bits per heavy atom. The first-order valence-corrected chi connectivity index (χ1v) is 8.12. The van der Waals surface area contributed by atoms with Crippen molar-refractivity contribution in [2.75, 3.05) is 26.2 Å². The number of unbranched alkanes of at least 4 members (excludes halogenated alkanes) is 2. The highest BCUT2D eigenvalue weighted by atomic mass is 15.4. The molecular formula is C15H31N5. The van der Waals surface area contributed by atoms with Crippen LogP contribution in [0, 0.1) is 0 Å². The van der Waals surface area contributed by atoms with Crippen molar-refractivity contribution in [2.24, 2.45) is 0 Å². The highest BCUT2D eigenvalue weighted by molar-refractivity contribution is 4.91. The van der Waals surface area contributed by atoms with Crippen molar-refractivity contribution in [3.05, 3.63) is 11.9 Å². The fourth-order valence-corrected chi connectivity index (χ4v) is 2.12. The summed E-state index contributed by atoms with van der Waals surface area (Å²) < 4.78 is 1.97. The molecule has 1 N–H and O–H groups in total. The van der Waals surface area contributed by atoms with Gasteiger partial charge < -0.3 is 10.2 Å². The fourth-order valence-electron chi connectivity index (χ4n) is 2.12. The summed E-state index contributed by atoms with van der Waals surface area (Å²) >= 11 is 0. The molecule has 0 aliphatic carbocycles. The molecule has 1 heterocycles. The maximum Gasteiger partial charge on any atom is 0.0964 e. The summed E-state index contributed by atoms with van der Waals surface area (Å²) in [7, 11) is 0. The zero-order valence-corrected chi connectivity index (χ0v) is 13.4. The van der Waals surface area contributed by atoms with Crippen LogP contribution >= 0.6 is 0 Å². The Kier molecular flexibility index (Phi) is 9.24. The van der Waals surface area contributed by atoms with Crippen LogP contribution in [0.1, 0.15) is 52.1 Å². The van der Waals surface area contributed by atoms with Crippen molar-refractivity contribution in [1.29, 1.82) is 0 Å². The van der Waals surface area contributed by atoms with Crippen LogP contribution in [0.2, 0.25) is 0 Å². The van der Waals surface area contributed by atoms with Crippen LogP contribution in [-0.2, 0) is 13.1 Å². The number of nitrogens with one attached hydrogen (secondary N) is 1. The Hall–Kier alpha value is -0.940. The van der Waals surface area contributed by atoms with Crippen LogP contribution < -0.4 is 5.32 Å². The van der Waals surface area contributed by atoms with Gasteiger partial charge in [0.05, 0.1) is 12.2 Å². The number of hydrogen-bond donors (Lipinski definition) is 1. The molecule has 0 radical (unpaired) electrons. The smallest absolute Gasteiger partial charge is 0.0964 e. The van der Waals surface area contributed by atoms with Gasteiger partial charge in [0.15, 0.2) is 0 Å². The average molecular weight is 281 g/mol. The Bertz CT molecular complexity index is 329. The van der Waals surface area contributed by atoms with Crippen LogP contribution in [-0.4, -0.2) is 46.1 Å². The second-order valence-corrected chi connectivity index (χ2v) is 5.30. The molecule has 0 aliphatic rings. The Morgan fingerprint density at radius 3 is 2.40 bits per heavy atom. The van der Waals surface area contributed by atoms with Gasteiger partial charge in [-0.1, -0.05) is 38.8 Å². The third-order valence-electron chi connectivity index (χ3n) is 3.44. The quantitative estimate of drug-likeness (QED) is 0.638. The highest BCUT2D eigenvalue weighted by Gasteiger charge is 2.05. The predicted octanol–water partition coefficient (Wildman–Crippen LogP) is 2.29. The number of rotatable bonds is 12. The summed E-state index contributed by atoms with van der Waals surface area (Å²) in [6.45, 7) is 12.8. The molecule has 5 heteroatoms. The van der Waals surface area contributed by atoms with Gasteiger partial charge in [-0.05, 0) is 32.5 Å². The molecule has 20 heavy (non-hydrogen) atoms. The third kappa shape index (κ3) is 7.01.